The number of rotatable bonds is 15. The Bertz CT molecular complexity index is 1550. The van der Waals surface area contributed by atoms with Gasteiger partial charge in [-0.25, -0.2) is 13.1 Å². The summed E-state index contributed by atoms with van der Waals surface area (Å²) in [6.07, 6.45) is -0.387. The summed E-state index contributed by atoms with van der Waals surface area (Å²) >= 11 is 11.0. The molecule has 0 heterocycles. The first-order valence-corrected chi connectivity index (χ1v) is 16.8. The van der Waals surface area contributed by atoms with Gasteiger partial charge in [0.15, 0.2) is 0 Å². The Labute approximate surface area is 269 Å². The van der Waals surface area contributed by atoms with Crippen molar-refractivity contribution in [3.8, 4) is 11.1 Å². The predicted octanol–water partition coefficient (Wildman–Crippen LogP) is 4.67. The van der Waals surface area contributed by atoms with E-state index in [0.717, 1.165) is 5.56 Å². The SMILES string of the molecule is CCCC(=O)N(CCC(=O)N(CCS)Cc1ccccc1)Cc1ccc(-c2ccccc2S(=O)(=O)NC(=O)C(C)O)c(Cl)c1. The Balaban J connectivity index is 1.80. The van der Waals surface area contributed by atoms with Crippen molar-refractivity contribution in [1.29, 1.82) is 0 Å². The zero-order valence-corrected chi connectivity index (χ0v) is 27.2. The van der Waals surface area contributed by atoms with Crippen LogP contribution in [-0.4, -0.2) is 66.0 Å². The second kappa shape index (κ2) is 16.6. The lowest BCUT2D eigenvalue weighted by Crippen LogP contribution is -2.37. The van der Waals surface area contributed by atoms with Crippen LogP contribution in [0.2, 0.25) is 5.02 Å². The number of aliphatic hydroxyl groups excluding tert-OH is 1. The fourth-order valence-corrected chi connectivity index (χ4v) is 6.38. The van der Waals surface area contributed by atoms with E-state index in [1.165, 1.54) is 19.1 Å². The van der Waals surface area contributed by atoms with Crippen LogP contribution in [0.1, 0.15) is 44.2 Å². The van der Waals surface area contributed by atoms with Gasteiger partial charge in [-0.2, -0.15) is 12.6 Å². The van der Waals surface area contributed by atoms with Gasteiger partial charge in [0.25, 0.3) is 15.9 Å². The number of aliphatic hydroxyl groups is 1. The molecule has 0 saturated heterocycles. The summed E-state index contributed by atoms with van der Waals surface area (Å²) in [5.41, 5.74) is 2.39. The lowest BCUT2D eigenvalue weighted by atomic mass is 10.0. The molecule has 0 aliphatic rings. The van der Waals surface area contributed by atoms with Gasteiger partial charge in [0.1, 0.15) is 6.10 Å². The molecule has 3 rings (SSSR count). The fraction of sp³-hybridized carbons (Fsp3) is 0.344. The number of hydrogen-bond acceptors (Lipinski definition) is 7. The zero-order valence-electron chi connectivity index (χ0n) is 24.8. The first-order valence-electron chi connectivity index (χ1n) is 14.3. The highest BCUT2D eigenvalue weighted by Crippen LogP contribution is 2.33. The molecule has 3 aromatic carbocycles. The third kappa shape index (κ3) is 9.82. The molecule has 0 aromatic heterocycles. The summed E-state index contributed by atoms with van der Waals surface area (Å²) in [5, 5.41) is 9.71. The number of amides is 3. The Morgan fingerprint density at radius 1 is 0.864 bits per heavy atom. The van der Waals surface area contributed by atoms with Crippen LogP contribution in [0.3, 0.4) is 0 Å². The van der Waals surface area contributed by atoms with Gasteiger partial charge in [-0.05, 0) is 36.6 Å². The van der Waals surface area contributed by atoms with E-state index in [-0.39, 0.29) is 46.8 Å². The van der Waals surface area contributed by atoms with Gasteiger partial charge in [-0.15, -0.1) is 0 Å². The van der Waals surface area contributed by atoms with Crippen molar-refractivity contribution in [3.05, 3.63) is 88.9 Å². The van der Waals surface area contributed by atoms with E-state index in [4.69, 9.17) is 11.6 Å². The average molecular weight is 660 g/mol. The maximum atomic E-state index is 13.2. The third-order valence-corrected chi connectivity index (χ3v) is 8.76. The Kier molecular flexibility index (Phi) is 13.3. The molecule has 0 saturated carbocycles. The summed E-state index contributed by atoms with van der Waals surface area (Å²) < 4.78 is 27.8. The minimum atomic E-state index is -4.31. The molecule has 12 heteroatoms. The number of hydrogen-bond donors (Lipinski definition) is 3. The number of sulfonamides is 1. The molecule has 44 heavy (non-hydrogen) atoms. The van der Waals surface area contributed by atoms with Crippen molar-refractivity contribution in [2.75, 3.05) is 18.8 Å². The lowest BCUT2D eigenvalue weighted by molar-refractivity contribution is -0.135. The Morgan fingerprint density at radius 2 is 1.48 bits per heavy atom. The smallest absolute Gasteiger partial charge is 0.264 e. The fourth-order valence-electron chi connectivity index (χ4n) is 4.56. The molecule has 1 unspecified atom stereocenters. The van der Waals surface area contributed by atoms with Crippen LogP contribution in [0.4, 0.5) is 0 Å². The molecule has 0 spiro atoms. The number of nitrogens with one attached hydrogen (secondary N) is 1. The third-order valence-electron chi connectivity index (χ3n) is 6.84. The van der Waals surface area contributed by atoms with Gasteiger partial charge in [-0.1, -0.05) is 79.2 Å². The van der Waals surface area contributed by atoms with Crippen LogP contribution in [0.5, 0.6) is 0 Å². The number of carbonyl (C=O) groups is 3. The standard InChI is InChI=1S/C32H38ClN3O6S2/c1-3-9-30(38)35(17-16-31(39)36(18-19-43)21-24-10-5-4-6-11-24)22-25-14-15-26(28(33)20-25)27-12-7-8-13-29(27)44(41,42)34-32(40)23(2)37/h4-8,10-15,20,23,37,43H,3,9,16-19,21-22H2,1-2H3,(H,34,40). The van der Waals surface area contributed by atoms with Crippen LogP contribution in [0.15, 0.2) is 77.7 Å². The summed E-state index contributed by atoms with van der Waals surface area (Å²) in [6, 6.07) is 20.8. The van der Waals surface area contributed by atoms with E-state index in [9.17, 15) is 27.9 Å². The second-order valence-electron chi connectivity index (χ2n) is 10.3. The number of benzene rings is 3. The minimum Gasteiger partial charge on any atom is -0.384 e. The Morgan fingerprint density at radius 3 is 2.11 bits per heavy atom. The van der Waals surface area contributed by atoms with Gasteiger partial charge in [0.05, 0.1) is 4.90 Å². The summed E-state index contributed by atoms with van der Waals surface area (Å²) in [7, 11) is -4.31. The van der Waals surface area contributed by atoms with Gasteiger partial charge in [0.2, 0.25) is 11.8 Å². The highest BCUT2D eigenvalue weighted by molar-refractivity contribution is 7.90. The monoisotopic (exact) mass is 659 g/mol. The summed E-state index contributed by atoms with van der Waals surface area (Å²) in [4.78, 5) is 41.4. The maximum absolute atomic E-state index is 13.2. The first-order chi connectivity index (χ1) is 21.0. The normalized spacial score (nSPS) is 11.9. The molecular weight excluding hydrogens is 622 g/mol. The van der Waals surface area contributed by atoms with Gasteiger partial charge < -0.3 is 14.9 Å². The quantitative estimate of drug-likeness (QED) is 0.204. The summed E-state index contributed by atoms with van der Waals surface area (Å²) in [6.45, 7) is 4.45. The van der Waals surface area contributed by atoms with Crippen molar-refractivity contribution in [2.45, 2.75) is 57.2 Å². The van der Waals surface area contributed by atoms with Crippen molar-refractivity contribution >= 4 is 52.0 Å². The molecule has 1 atom stereocenters. The predicted molar refractivity (Wildman–Crippen MR) is 175 cm³/mol. The van der Waals surface area contributed by atoms with Crippen molar-refractivity contribution in [1.82, 2.24) is 14.5 Å². The van der Waals surface area contributed by atoms with E-state index in [0.29, 0.717) is 42.8 Å². The number of halogens is 1. The molecule has 3 amide bonds. The van der Waals surface area contributed by atoms with Crippen molar-refractivity contribution in [3.63, 3.8) is 0 Å². The average Bonchev–Trinajstić information content (AvgIpc) is 2.99. The summed E-state index contributed by atoms with van der Waals surface area (Å²) in [5.74, 6) is -0.703. The molecule has 0 fully saturated rings. The number of nitrogens with zero attached hydrogens (tertiary/aromatic N) is 2. The number of thiol groups is 1. The van der Waals surface area contributed by atoms with Gasteiger partial charge >= 0.3 is 0 Å². The largest absolute Gasteiger partial charge is 0.384 e. The molecule has 3 aromatic rings. The molecule has 2 N–H and O–H groups in total. The van der Waals surface area contributed by atoms with E-state index in [2.05, 4.69) is 12.6 Å². The molecule has 0 aliphatic heterocycles. The van der Waals surface area contributed by atoms with E-state index >= 15 is 0 Å². The maximum Gasteiger partial charge on any atom is 0.264 e. The molecule has 0 aliphatic carbocycles. The van der Waals surface area contributed by atoms with E-state index in [1.807, 2.05) is 42.0 Å². The van der Waals surface area contributed by atoms with Gasteiger partial charge in [0, 0.05) is 60.9 Å². The first kappa shape index (κ1) is 35.1. The molecule has 0 radical (unpaired) electrons. The van der Waals surface area contributed by atoms with Crippen LogP contribution < -0.4 is 4.72 Å². The second-order valence-corrected chi connectivity index (χ2v) is 12.8. The van der Waals surface area contributed by atoms with Crippen molar-refractivity contribution < 1.29 is 27.9 Å². The molecule has 236 valence electrons. The Hall–Kier alpha value is -3.38. The van der Waals surface area contributed by atoms with Crippen molar-refractivity contribution in [2.24, 2.45) is 0 Å². The van der Waals surface area contributed by atoms with E-state index < -0.39 is 22.0 Å². The zero-order chi connectivity index (χ0) is 32.3. The number of carbonyl (C=O) groups excluding carboxylic acids is 3. The highest BCUT2D eigenvalue weighted by Gasteiger charge is 2.25. The van der Waals surface area contributed by atoms with Gasteiger partial charge in [-0.3, -0.25) is 14.4 Å². The molecular formula is C32H38ClN3O6S2. The topological polar surface area (TPSA) is 124 Å². The van der Waals surface area contributed by atoms with Crippen LogP contribution >= 0.6 is 24.2 Å². The molecule has 0 bridgehead atoms. The van der Waals surface area contributed by atoms with Crippen LogP contribution in [-0.2, 0) is 37.5 Å². The molecule has 9 nitrogen and oxygen atoms in total. The lowest BCUT2D eigenvalue weighted by Gasteiger charge is -2.26. The van der Waals surface area contributed by atoms with E-state index in [1.54, 1.807) is 40.1 Å². The van der Waals surface area contributed by atoms with Crippen LogP contribution in [0.25, 0.3) is 11.1 Å². The minimum absolute atomic E-state index is 0.0777. The highest BCUT2D eigenvalue weighted by atomic mass is 35.5. The van der Waals surface area contributed by atoms with Crippen LogP contribution in [0, 0.1) is 0 Å².